The third kappa shape index (κ3) is 4.32. The highest BCUT2D eigenvalue weighted by Gasteiger charge is 2.53. The van der Waals surface area contributed by atoms with E-state index in [1.165, 1.54) is 0 Å². The van der Waals surface area contributed by atoms with E-state index >= 15 is 0 Å². The van der Waals surface area contributed by atoms with Gasteiger partial charge in [-0.1, -0.05) is 47.5 Å². The van der Waals surface area contributed by atoms with Crippen LogP contribution in [-0.2, 0) is 16.8 Å². The molecule has 0 spiro atoms. The number of halogens is 2. The lowest BCUT2D eigenvalue weighted by Gasteiger charge is -2.45. The molecule has 2 aromatic rings. The fourth-order valence-corrected chi connectivity index (χ4v) is 5.81. The summed E-state index contributed by atoms with van der Waals surface area (Å²) in [6.45, 7) is 1.04. The number of nitriles is 1. The largest absolute Gasteiger partial charge is 0.496 e. The molecular weight excluding hydrogens is 447 g/mol. The number of ether oxygens (including phenoxy) is 1. The molecule has 168 valence electrons. The van der Waals surface area contributed by atoms with Crippen molar-refractivity contribution in [1.29, 1.82) is 5.26 Å². The minimum absolute atomic E-state index is 0.00278. The van der Waals surface area contributed by atoms with Crippen molar-refractivity contribution in [2.24, 2.45) is 17.8 Å². The Kier molecular flexibility index (Phi) is 6.67. The molecule has 4 atom stereocenters. The number of aliphatic hydroxyl groups is 1. The van der Waals surface area contributed by atoms with E-state index < -0.39 is 5.60 Å². The van der Waals surface area contributed by atoms with Crippen molar-refractivity contribution in [2.75, 3.05) is 20.2 Å². The normalized spacial score (nSPS) is 27.0. The summed E-state index contributed by atoms with van der Waals surface area (Å²) in [7, 11) is 1.59. The van der Waals surface area contributed by atoms with Gasteiger partial charge in [0.1, 0.15) is 5.75 Å². The van der Waals surface area contributed by atoms with Crippen LogP contribution in [0.5, 0.6) is 5.75 Å². The Morgan fingerprint density at radius 2 is 2.03 bits per heavy atom. The number of benzene rings is 2. The number of amides is 1. The number of rotatable bonds is 5. The van der Waals surface area contributed by atoms with Gasteiger partial charge in [0.2, 0.25) is 5.91 Å². The Bertz CT molecular complexity index is 1050. The summed E-state index contributed by atoms with van der Waals surface area (Å²) in [5.74, 6) is 0.700. The molecule has 7 heteroatoms. The zero-order valence-electron chi connectivity index (χ0n) is 17.9. The summed E-state index contributed by atoms with van der Waals surface area (Å²) in [6.07, 6.45) is 1.92. The second-order valence-electron chi connectivity index (χ2n) is 8.88. The Balaban J connectivity index is 1.60. The van der Waals surface area contributed by atoms with Crippen LogP contribution in [0.2, 0.25) is 10.0 Å². The number of para-hydroxylation sites is 1. The first-order chi connectivity index (χ1) is 15.4. The lowest BCUT2D eigenvalue weighted by Crippen LogP contribution is -2.46. The third-order valence-corrected chi connectivity index (χ3v) is 7.67. The number of methoxy groups -OCH3 is 1. The molecule has 1 amide bonds. The van der Waals surface area contributed by atoms with Crippen molar-refractivity contribution in [2.45, 2.75) is 31.3 Å². The van der Waals surface area contributed by atoms with Gasteiger partial charge in [-0.3, -0.25) is 4.79 Å². The SMILES string of the molecule is COc1ccccc1C1(O)CC(CC#N)CC2CN(C(=O)Cc3ccc(Cl)c(Cl)c3)CC21. The maximum atomic E-state index is 13.1. The monoisotopic (exact) mass is 472 g/mol. The highest BCUT2D eigenvalue weighted by atomic mass is 35.5. The minimum Gasteiger partial charge on any atom is -0.496 e. The molecule has 0 radical (unpaired) electrons. The predicted molar refractivity (Wildman–Crippen MR) is 124 cm³/mol. The lowest BCUT2D eigenvalue weighted by atomic mass is 9.63. The quantitative estimate of drug-likeness (QED) is 0.675. The highest BCUT2D eigenvalue weighted by Crippen LogP contribution is 2.52. The fourth-order valence-electron chi connectivity index (χ4n) is 5.49. The molecule has 1 N–H and O–H groups in total. The number of carbonyl (C=O) groups excluding carboxylic acids is 1. The van der Waals surface area contributed by atoms with E-state index in [9.17, 15) is 15.2 Å². The van der Waals surface area contributed by atoms with Crippen LogP contribution >= 0.6 is 23.2 Å². The molecule has 1 saturated heterocycles. The molecule has 4 rings (SSSR count). The van der Waals surface area contributed by atoms with Crippen molar-refractivity contribution in [3.05, 3.63) is 63.6 Å². The summed E-state index contributed by atoms with van der Waals surface area (Å²) in [5, 5.41) is 22.2. The number of nitrogens with zero attached hydrogens (tertiary/aromatic N) is 2. The molecule has 32 heavy (non-hydrogen) atoms. The maximum Gasteiger partial charge on any atom is 0.227 e. The van der Waals surface area contributed by atoms with Crippen molar-refractivity contribution >= 4 is 29.1 Å². The van der Waals surface area contributed by atoms with Gasteiger partial charge < -0.3 is 14.7 Å². The zero-order chi connectivity index (χ0) is 22.9. The average molecular weight is 473 g/mol. The summed E-state index contributed by atoms with van der Waals surface area (Å²) in [6, 6.07) is 15.0. The van der Waals surface area contributed by atoms with Crippen LogP contribution in [0.3, 0.4) is 0 Å². The van der Waals surface area contributed by atoms with Crippen LogP contribution in [0.25, 0.3) is 0 Å². The molecule has 2 aromatic carbocycles. The van der Waals surface area contributed by atoms with Gasteiger partial charge >= 0.3 is 0 Å². The van der Waals surface area contributed by atoms with Gasteiger partial charge in [-0.05, 0) is 48.4 Å². The average Bonchev–Trinajstić information content (AvgIpc) is 3.22. The first-order valence-electron chi connectivity index (χ1n) is 10.8. The Morgan fingerprint density at radius 1 is 1.25 bits per heavy atom. The number of carbonyl (C=O) groups is 1. The van der Waals surface area contributed by atoms with Crippen LogP contribution in [-0.4, -0.2) is 36.1 Å². The molecule has 1 heterocycles. The van der Waals surface area contributed by atoms with Crippen molar-refractivity contribution in [1.82, 2.24) is 4.90 Å². The van der Waals surface area contributed by atoms with Gasteiger partial charge in [0, 0.05) is 31.0 Å². The Morgan fingerprint density at radius 3 is 2.75 bits per heavy atom. The predicted octanol–water partition coefficient (Wildman–Crippen LogP) is 4.83. The number of hydrogen-bond donors (Lipinski definition) is 1. The van der Waals surface area contributed by atoms with E-state index in [2.05, 4.69) is 6.07 Å². The van der Waals surface area contributed by atoms with Crippen LogP contribution in [0.4, 0.5) is 0 Å². The van der Waals surface area contributed by atoms with E-state index in [1.807, 2.05) is 35.2 Å². The van der Waals surface area contributed by atoms with Gasteiger partial charge in [0.25, 0.3) is 0 Å². The molecule has 1 saturated carbocycles. The van der Waals surface area contributed by atoms with E-state index in [0.717, 1.165) is 17.5 Å². The number of fused-ring (bicyclic) bond motifs is 1. The van der Waals surface area contributed by atoms with Gasteiger partial charge in [0.05, 0.1) is 35.2 Å². The van der Waals surface area contributed by atoms with Crippen LogP contribution in [0, 0.1) is 29.1 Å². The van der Waals surface area contributed by atoms with Crippen molar-refractivity contribution in [3.8, 4) is 11.8 Å². The molecule has 2 aliphatic rings. The summed E-state index contributed by atoms with van der Waals surface area (Å²) in [4.78, 5) is 15.0. The van der Waals surface area contributed by atoms with E-state index in [0.29, 0.717) is 41.7 Å². The van der Waals surface area contributed by atoms with Crippen molar-refractivity contribution in [3.63, 3.8) is 0 Å². The summed E-state index contributed by atoms with van der Waals surface area (Å²) in [5.41, 5.74) is 0.385. The highest BCUT2D eigenvalue weighted by molar-refractivity contribution is 6.42. The third-order valence-electron chi connectivity index (χ3n) is 6.94. The van der Waals surface area contributed by atoms with Gasteiger partial charge in [0.15, 0.2) is 0 Å². The molecule has 0 bridgehead atoms. The topological polar surface area (TPSA) is 73.6 Å². The van der Waals surface area contributed by atoms with Gasteiger partial charge in [-0.25, -0.2) is 0 Å². The van der Waals surface area contributed by atoms with Crippen molar-refractivity contribution < 1.29 is 14.6 Å². The van der Waals surface area contributed by atoms with E-state index in [-0.39, 0.29) is 30.1 Å². The van der Waals surface area contributed by atoms with Crippen LogP contribution < -0.4 is 4.74 Å². The molecule has 5 nitrogen and oxygen atoms in total. The molecule has 4 unspecified atom stereocenters. The molecular formula is C25H26Cl2N2O3. The second-order valence-corrected chi connectivity index (χ2v) is 9.70. The summed E-state index contributed by atoms with van der Waals surface area (Å²) >= 11 is 12.1. The van der Waals surface area contributed by atoms with E-state index in [1.54, 1.807) is 19.2 Å². The first kappa shape index (κ1) is 22.9. The minimum atomic E-state index is -1.16. The number of hydrogen-bond acceptors (Lipinski definition) is 4. The Hall–Kier alpha value is -2.26. The first-order valence-corrected chi connectivity index (χ1v) is 11.6. The van der Waals surface area contributed by atoms with Crippen LogP contribution in [0.1, 0.15) is 30.4 Å². The van der Waals surface area contributed by atoms with Crippen LogP contribution in [0.15, 0.2) is 42.5 Å². The number of likely N-dealkylation sites (tertiary alicyclic amines) is 1. The molecule has 0 aromatic heterocycles. The van der Waals surface area contributed by atoms with Gasteiger partial charge in [-0.15, -0.1) is 0 Å². The zero-order valence-corrected chi connectivity index (χ0v) is 19.4. The molecule has 1 aliphatic heterocycles. The smallest absolute Gasteiger partial charge is 0.227 e. The summed E-state index contributed by atoms with van der Waals surface area (Å²) < 4.78 is 5.55. The fraction of sp³-hybridized carbons (Fsp3) is 0.440. The lowest BCUT2D eigenvalue weighted by molar-refractivity contribution is -0.130. The maximum absolute atomic E-state index is 13.1. The van der Waals surface area contributed by atoms with Gasteiger partial charge in [-0.2, -0.15) is 5.26 Å². The van der Waals surface area contributed by atoms with E-state index in [4.69, 9.17) is 27.9 Å². The standard InChI is InChI=1S/C25H26Cl2N2O3/c1-32-23-5-3-2-4-19(23)25(31)13-17(8-9-28)10-18-14-29(15-20(18)25)24(30)12-16-6-7-21(26)22(27)11-16/h2-7,11,17-18,20,31H,8,10,12-15H2,1H3. The molecule has 2 fully saturated rings. The molecule has 1 aliphatic carbocycles. The second kappa shape index (κ2) is 9.31. The Labute approximate surface area is 198 Å².